The molecule has 0 aliphatic heterocycles. The molecule has 2 aliphatic carbocycles. The number of ether oxygens (including phenoxy) is 1. The Morgan fingerprint density at radius 2 is 1.44 bits per heavy atom. The summed E-state index contributed by atoms with van der Waals surface area (Å²) in [6, 6.07) is 2.08. The van der Waals surface area contributed by atoms with E-state index in [9.17, 15) is 0 Å². The number of hydrogen-bond acceptors (Lipinski definition) is 2. The molecule has 2 saturated carbocycles. The van der Waals surface area contributed by atoms with Gasteiger partial charge in [0, 0.05) is 12.7 Å². The number of nitriles is 1. The first-order valence-electron chi connectivity index (χ1n) is 12.0. The summed E-state index contributed by atoms with van der Waals surface area (Å²) in [5, 5.41) is 8.53. The van der Waals surface area contributed by atoms with Gasteiger partial charge in [0.15, 0.2) is 0 Å². The molecule has 0 aromatic heterocycles. The van der Waals surface area contributed by atoms with Gasteiger partial charge in [-0.3, -0.25) is 0 Å². The van der Waals surface area contributed by atoms with Crippen molar-refractivity contribution in [3.8, 4) is 6.07 Å². The summed E-state index contributed by atoms with van der Waals surface area (Å²) in [7, 11) is 0. The fourth-order valence-corrected chi connectivity index (χ4v) is 5.05. The van der Waals surface area contributed by atoms with Crippen LogP contribution in [0.2, 0.25) is 0 Å². The summed E-state index contributed by atoms with van der Waals surface area (Å²) in [6.45, 7) is 3.31. The third kappa shape index (κ3) is 9.79. The van der Waals surface area contributed by atoms with Gasteiger partial charge in [0.05, 0.1) is 12.2 Å². The van der Waals surface area contributed by atoms with Crippen LogP contribution in [0.4, 0.5) is 0 Å². The fraction of sp³-hybridized carbons (Fsp3) is 0.880. The van der Waals surface area contributed by atoms with Crippen LogP contribution in [0, 0.1) is 29.1 Å². The Morgan fingerprint density at radius 3 is 2.15 bits per heavy atom. The molecule has 154 valence electrons. The van der Waals surface area contributed by atoms with Crippen molar-refractivity contribution in [1.29, 1.82) is 5.26 Å². The van der Waals surface area contributed by atoms with Crippen LogP contribution >= 0.6 is 0 Å². The molecular formula is C25H43NO. The van der Waals surface area contributed by atoms with Gasteiger partial charge in [-0.2, -0.15) is 5.26 Å². The van der Waals surface area contributed by atoms with Crippen molar-refractivity contribution in [2.75, 3.05) is 6.61 Å². The van der Waals surface area contributed by atoms with Crippen molar-refractivity contribution < 1.29 is 4.74 Å². The maximum Gasteiger partial charge on any atom is 0.0908 e. The Balaban J connectivity index is 1.47. The quantitative estimate of drug-likeness (QED) is 0.261. The Hall–Kier alpha value is -0.810. The highest BCUT2D eigenvalue weighted by atomic mass is 16.5. The summed E-state index contributed by atoms with van der Waals surface area (Å²) in [6.07, 6.45) is 25.9. The van der Waals surface area contributed by atoms with Gasteiger partial charge in [0.1, 0.15) is 0 Å². The predicted molar refractivity (Wildman–Crippen MR) is 115 cm³/mol. The first-order valence-corrected chi connectivity index (χ1v) is 12.0. The van der Waals surface area contributed by atoms with Crippen molar-refractivity contribution in [2.45, 2.75) is 116 Å². The van der Waals surface area contributed by atoms with Gasteiger partial charge in [-0.15, -0.1) is 0 Å². The minimum atomic E-state index is 0.521. The second-order valence-corrected chi connectivity index (χ2v) is 9.17. The molecule has 0 atom stereocenters. The molecule has 27 heavy (non-hydrogen) atoms. The van der Waals surface area contributed by atoms with E-state index in [1.54, 1.807) is 6.08 Å². The third-order valence-electron chi connectivity index (χ3n) is 6.98. The molecule has 2 aliphatic rings. The van der Waals surface area contributed by atoms with E-state index in [0.29, 0.717) is 6.10 Å². The molecule has 0 unspecified atom stereocenters. The molecule has 0 radical (unpaired) electrons. The summed E-state index contributed by atoms with van der Waals surface area (Å²) in [5.74, 6) is 2.68. The minimum Gasteiger partial charge on any atom is -0.378 e. The van der Waals surface area contributed by atoms with Crippen molar-refractivity contribution >= 4 is 0 Å². The standard InChI is InChI=1S/C25H43NO/c1-2-3-4-5-7-10-22-12-14-24(15-13-22)21-27-25-18-16-23(17-19-25)11-8-6-9-20-26/h6,9,22-25H,2-5,7-8,10-19,21H2,1H3/b9-6+. The Morgan fingerprint density at radius 1 is 0.815 bits per heavy atom. The van der Waals surface area contributed by atoms with Gasteiger partial charge in [0.2, 0.25) is 0 Å². The Labute approximate surface area is 168 Å². The molecule has 0 aromatic rings. The highest BCUT2D eigenvalue weighted by molar-refractivity contribution is 5.01. The number of allylic oxidation sites excluding steroid dienone is 2. The molecule has 0 bridgehead atoms. The van der Waals surface area contributed by atoms with Gasteiger partial charge in [0.25, 0.3) is 0 Å². The zero-order valence-electron chi connectivity index (χ0n) is 17.8. The zero-order chi connectivity index (χ0) is 19.2. The maximum absolute atomic E-state index is 8.53. The second-order valence-electron chi connectivity index (χ2n) is 9.17. The van der Waals surface area contributed by atoms with Crippen molar-refractivity contribution in [2.24, 2.45) is 17.8 Å². The third-order valence-corrected chi connectivity index (χ3v) is 6.98. The van der Waals surface area contributed by atoms with Crippen molar-refractivity contribution in [3.05, 3.63) is 12.2 Å². The van der Waals surface area contributed by atoms with Crippen LogP contribution in [0.1, 0.15) is 110 Å². The molecule has 2 fully saturated rings. The van der Waals surface area contributed by atoms with E-state index in [1.807, 2.05) is 6.08 Å². The predicted octanol–water partition coefficient (Wildman–Crippen LogP) is 7.59. The van der Waals surface area contributed by atoms with Gasteiger partial charge < -0.3 is 4.74 Å². The van der Waals surface area contributed by atoms with Gasteiger partial charge >= 0.3 is 0 Å². The lowest BCUT2D eigenvalue weighted by molar-refractivity contribution is -0.0102. The SMILES string of the molecule is CCCCCCCC1CCC(COC2CCC(CC/C=C/C#N)CC2)CC1. The van der Waals surface area contributed by atoms with Crippen LogP contribution in [0.15, 0.2) is 12.2 Å². The molecule has 2 nitrogen and oxygen atoms in total. The average molecular weight is 374 g/mol. The van der Waals surface area contributed by atoms with Gasteiger partial charge in [-0.1, -0.05) is 64.4 Å². The van der Waals surface area contributed by atoms with E-state index in [2.05, 4.69) is 13.0 Å². The number of rotatable bonds is 12. The van der Waals surface area contributed by atoms with Crippen LogP contribution in [0.3, 0.4) is 0 Å². The molecule has 2 rings (SSSR count). The summed E-state index contributed by atoms with van der Waals surface area (Å²) in [4.78, 5) is 0. The minimum absolute atomic E-state index is 0.521. The number of unbranched alkanes of at least 4 members (excludes halogenated alkanes) is 4. The van der Waals surface area contributed by atoms with E-state index in [-0.39, 0.29) is 0 Å². The molecule has 0 heterocycles. The van der Waals surface area contributed by atoms with E-state index < -0.39 is 0 Å². The van der Waals surface area contributed by atoms with Crippen molar-refractivity contribution in [3.63, 3.8) is 0 Å². The highest BCUT2D eigenvalue weighted by Crippen LogP contribution is 2.34. The average Bonchev–Trinajstić information content (AvgIpc) is 2.71. The zero-order valence-corrected chi connectivity index (χ0v) is 17.8. The first kappa shape index (κ1) is 22.5. The van der Waals surface area contributed by atoms with Crippen LogP contribution in [0.25, 0.3) is 0 Å². The monoisotopic (exact) mass is 373 g/mol. The molecule has 0 amide bonds. The normalized spacial score (nSPS) is 29.0. The lowest BCUT2D eigenvalue weighted by atomic mass is 9.80. The second kappa shape index (κ2) is 14.2. The van der Waals surface area contributed by atoms with Crippen LogP contribution < -0.4 is 0 Å². The van der Waals surface area contributed by atoms with E-state index in [0.717, 1.165) is 30.8 Å². The summed E-state index contributed by atoms with van der Waals surface area (Å²) < 4.78 is 6.32. The lowest BCUT2D eigenvalue weighted by Crippen LogP contribution is -2.26. The largest absolute Gasteiger partial charge is 0.378 e. The summed E-state index contributed by atoms with van der Waals surface area (Å²) >= 11 is 0. The van der Waals surface area contributed by atoms with Crippen LogP contribution in [0.5, 0.6) is 0 Å². The Bertz CT molecular complexity index is 422. The molecule has 0 saturated heterocycles. The lowest BCUT2D eigenvalue weighted by Gasteiger charge is -2.32. The van der Waals surface area contributed by atoms with E-state index >= 15 is 0 Å². The Kier molecular flexibility index (Phi) is 11.8. The van der Waals surface area contributed by atoms with E-state index in [1.165, 1.54) is 96.3 Å². The van der Waals surface area contributed by atoms with Gasteiger partial charge in [-0.05, 0) is 69.1 Å². The number of nitrogens with zero attached hydrogens (tertiary/aromatic N) is 1. The topological polar surface area (TPSA) is 33.0 Å². The smallest absolute Gasteiger partial charge is 0.0908 e. The van der Waals surface area contributed by atoms with Crippen LogP contribution in [-0.2, 0) is 4.74 Å². The van der Waals surface area contributed by atoms with Crippen LogP contribution in [-0.4, -0.2) is 12.7 Å². The molecular weight excluding hydrogens is 330 g/mol. The fourth-order valence-electron chi connectivity index (χ4n) is 5.05. The molecule has 2 heteroatoms. The molecule has 0 N–H and O–H groups in total. The molecule has 0 spiro atoms. The summed E-state index contributed by atoms with van der Waals surface area (Å²) in [5.41, 5.74) is 0. The van der Waals surface area contributed by atoms with Crippen molar-refractivity contribution in [1.82, 2.24) is 0 Å². The maximum atomic E-state index is 8.53. The van der Waals surface area contributed by atoms with E-state index in [4.69, 9.17) is 10.00 Å². The molecule has 0 aromatic carbocycles. The van der Waals surface area contributed by atoms with Gasteiger partial charge in [-0.25, -0.2) is 0 Å². The highest BCUT2D eigenvalue weighted by Gasteiger charge is 2.24. The number of hydrogen-bond donors (Lipinski definition) is 0. The first-order chi connectivity index (χ1) is 13.3.